The molecule has 2 saturated heterocycles. The predicted molar refractivity (Wildman–Crippen MR) is 82.4 cm³/mol. The van der Waals surface area contributed by atoms with Gasteiger partial charge >= 0.3 is 0 Å². The average molecular weight is 274 g/mol. The van der Waals surface area contributed by atoms with Crippen LogP contribution in [-0.4, -0.2) is 47.0 Å². The third-order valence-electron chi connectivity index (χ3n) is 4.78. The van der Waals surface area contributed by atoms with E-state index >= 15 is 0 Å². The highest BCUT2D eigenvalue weighted by Gasteiger charge is 2.25. The van der Waals surface area contributed by atoms with Crippen molar-refractivity contribution in [1.82, 2.24) is 14.8 Å². The summed E-state index contributed by atoms with van der Waals surface area (Å²) in [7, 11) is 0. The van der Waals surface area contributed by atoms with Crippen molar-refractivity contribution in [3.05, 3.63) is 23.9 Å². The van der Waals surface area contributed by atoms with Crippen molar-refractivity contribution in [3.8, 4) is 0 Å². The molecule has 0 saturated carbocycles. The van der Waals surface area contributed by atoms with E-state index in [9.17, 15) is 0 Å². The predicted octanol–water partition coefficient (Wildman–Crippen LogP) is 2.11. The van der Waals surface area contributed by atoms with E-state index in [0.717, 1.165) is 12.6 Å². The molecule has 0 spiro atoms. The van der Waals surface area contributed by atoms with E-state index in [2.05, 4.69) is 20.9 Å². The zero-order valence-corrected chi connectivity index (χ0v) is 12.3. The monoisotopic (exact) mass is 274 g/mol. The maximum absolute atomic E-state index is 5.94. The maximum Gasteiger partial charge on any atom is 0.127 e. The second kappa shape index (κ2) is 6.55. The molecule has 0 unspecified atom stereocenters. The van der Waals surface area contributed by atoms with Crippen LogP contribution >= 0.6 is 0 Å². The lowest BCUT2D eigenvalue weighted by atomic mass is 9.99. The van der Waals surface area contributed by atoms with Crippen molar-refractivity contribution in [3.63, 3.8) is 0 Å². The van der Waals surface area contributed by atoms with Crippen LogP contribution in [0.1, 0.15) is 37.7 Å². The van der Waals surface area contributed by atoms with E-state index in [0.29, 0.717) is 5.82 Å². The molecule has 1 aromatic heterocycles. The van der Waals surface area contributed by atoms with Crippen molar-refractivity contribution >= 4 is 5.82 Å². The summed E-state index contributed by atoms with van der Waals surface area (Å²) in [6.45, 7) is 5.97. The van der Waals surface area contributed by atoms with Gasteiger partial charge in [-0.1, -0.05) is 12.5 Å². The molecule has 2 aliphatic rings. The van der Waals surface area contributed by atoms with Gasteiger partial charge in [0.15, 0.2) is 0 Å². The lowest BCUT2D eigenvalue weighted by molar-refractivity contribution is 0.0897. The Morgan fingerprint density at radius 2 is 1.85 bits per heavy atom. The first kappa shape index (κ1) is 13.8. The summed E-state index contributed by atoms with van der Waals surface area (Å²) in [5, 5.41) is 0. The van der Waals surface area contributed by atoms with Crippen LogP contribution in [0.15, 0.2) is 18.3 Å². The minimum absolute atomic E-state index is 0.686. The van der Waals surface area contributed by atoms with Crippen molar-refractivity contribution in [1.29, 1.82) is 0 Å². The summed E-state index contributed by atoms with van der Waals surface area (Å²) in [4.78, 5) is 9.42. The van der Waals surface area contributed by atoms with Gasteiger partial charge in [0, 0.05) is 24.3 Å². The van der Waals surface area contributed by atoms with E-state index in [1.807, 2.05) is 6.07 Å². The van der Waals surface area contributed by atoms with Gasteiger partial charge in [-0.25, -0.2) is 4.98 Å². The number of rotatable bonds is 3. The Balaban J connectivity index is 1.50. The van der Waals surface area contributed by atoms with Crippen LogP contribution in [0.5, 0.6) is 0 Å². The lowest BCUT2D eigenvalue weighted by Crippen LogP contribution is -2.46. The standard InChI is InChI=1S/C16H26N4/c17-16-14(5-4-8-18-16)13-19-11-6-15(7-12-19)20-9-2-1-3-10-20/h4-5,8,15H,1-3,6-7,9-13H2,(H2,17,18). The second-order valence-electron chi connectivity index (χ2n) is 6.15. The van der Waals surface area contributed by atoms with Crippen molar-refractivity contribution in [2.75, 3.05) is 31.9 Å². The van der Waals surface area contributed by atoms with Crippen LogP contribution in [0, 0.1) is 0 Å². The molecule has 0 amide bonds. The normalized spacial score (nSPS) is 23.0. The van der Waals surface area contributed by atoms with Gasteiger partial charge in [0.25, 0.3) is 0 Å². The number of piperidine rings is 2. The molecule has 0 bridgehead atoms. The number of hydrogen-bond acceptors (Lipinski definition) is 4. The first-order valence-corrected chi connectivity index (χ1v) is 7.99. The Morgan fingerprint density at radius 1 is 1.10 bits per heavy atom. The number of anilines is 1. The molecular weight excluding hydrogens is 248 g/mol. The van der Waals surface area contributed by atoms with Gasteiger partial charge in [-0.2, -0.15) is 0 Å². The van der Waals surface area contributed by atoms with Crippen LogP contribution in [0.2, 0.25) is 0 Å². The molecule has 0 aromatic carbocycles. The molecule has 3 heterocycles. The number of nitrogens with zero attached hydrogens (tertiary/aromatic N) is 3. The van der Waals surface area contributed by atoms with E-state index in [1.165, 1.54) is 63.8 Å². The largest absolute Gasteiger partial charge is 0.383 e. The minimum atomic E-state index is 0.686. The molecule has 1 aromatic rings. The Hall–Kier alpha value is -1.13. The molecule has 20 heavy (non-hydrogen) atoms. The van der Waals surface area contributed by atoms with Crippen LogP contribution in [0.3, 0.4) is 0 Å². The molecule has 2 N–H and O–H groups in total. The molecule has 0 radical (unpaired) electrons. The molecule has 0 atom stereocenters. The summed E-state index contributed by atoms with van der Waals surface area (Å²) < 4.78 is 0. The third-order valence-corrected chi connectivity index (χ3v) is 4.78. The topological polar surface area (TPSA) is 45.4 Å². The second-order valence-corrected chi connectivity index (χ2v) is 6.15. The van der Waals surface area contributed by atoms with Crippen LogP contribution in [-0.2, 0) is 6.54 Å². The van der Waals surface area contributed by atoms with Crippen molar-refractivity contribution < 1.29 is 0 Å². The van der Waals surface area contributed by atoms with Crippen LogP contribution in [0.4, 0.5) is 5.82 Å². The minimum Gasteiger partial charge on any atom is -0.383 e. The van der Waals surface area contributed by atoms with E-state index in [1.54, 1.807) is 6.20 Å². The van der Waals surface area contributed by atoms with Crippen LogP contribution in [0.25, 0.3) is 0 Å². The number of hydrogen-bond donors (Lipinski definition) is 1. The third kappa shape index (κ3) is 3.30. The Kier molecular flexibility index (Phi) is 4.53. The highest BCUT2D eigenvalue weighted by atomic mass is 15.2. The van der Waals surface area contributed by atoms with Gasteiger partial charge in [-0.15, -0.1) is 0 Å². The SMILES string of the molecule is Nc1ncccc1CN1CCC(N2CCCCC2)CC1. The first-order valence-electron chi connectivity index (χ1n) is 7.99. The van der Waals surface area contributed by atoms with Gasteiger partial charge < -0.3 is 10.6 Å². The molecule has 110 valence electrons. The molecular formula is C16H26N4. The quantitative estimate of drug-likeness (QED) is 0.917. The Labute approximate surface area is 122 Å². The zero-order chi connectivity index (χ0) is 13.8. The molecule has 3 rings (SSSR count). The molecule has 0 aliphatic carbocycles. The average Bonchev–Trinajstić information content (AvgIpc) is 2.51. The fraction of sp³-hybridized carbons (Fsp3) is 0.688. The summed E-state index contributed by atoms with van der Waals surface area (Å²) in [6.07, 6.45) is 8.59. The van der Waals surface area contributed by atoms with E-state index in [4.69, 9.17) is 5.73 Å². The first-order chi connectivity index (χ1) is 9.83. The van der Waals surface area contributed by atoms with Gasteiger partial charge in [0.1, 0.15) is 5.82 Å². The van der Waals surface area contributed by atoms with Gasteiger partial charge in [0.05, 0.1) is 0 Å². The Morgan fingerprint density at radius 3 is 2.55 bits per heavy atom. The smallest absolute Gasteiger partial charge is 0.127 e. The van der Waals surface area contributed by atoms with Crippen molar-refractivity contribution in [2.45, 2.75) is 44.7 Å². The van der Waals surface area contributed by atoms with Gasteiger partial charge in [0.2, 0.25) is 0 Å². The fourth-order valence-corrected chi connectivity index (χ4v) is 3.55. The van der Waals surface area contributed by atoms with Gasteiger partial charge in [-0.3, -0.25) is 4.90 Å². The summed E-state index contributed by atoms with van der Waals surface area (Å²) in [5.74, 6) is 0.686. The fourth-order valence-electron chi connectivity index (χ4n) is 3.55. The number of pyridine rings is 1. The van der Waals surface area contributed by atoms with Crippen molar-refractivity contribution in [2.24, 2.45) is 0 Å². The molecule has 4 nitrogen and oxygen atoms in total. The highest BCUT2D eigenvalue weighted by Crippen LogP contribution is 2.22. The van der Waals surface area contributed by atoms with Crippen LogP contribution < -0.4 is 5.73 Å². The molecule has 4 heteroatoms. The number of nitrogen functional groups attached to an aromatic ring is 1. The Bertz CT molecular complexity index is 420. The zero-order valence-electron chi connectivity index (χ0n) is 12.3. The number of aromatic nitrogens is 1. The lowest BCUT2D eigenvalue weighted by Gasteiger charge is -2.40. The summed E-state index contributed by atoms with van der Waals surface area (Å²) in [6, 6.07) is 4.89. The number of nitrogens with two attached hydrogens (primary N) is 1. The molecule has 2 aliphatic heterocycles. The summed E-state index contributed by atoms with van der Waals surface area (Å²) in [5.41, 5.74) is 7.11. The van der Waals surface area contributed by atoms with E-state index in [-0.39, 0.29) is 0 Å². The number of likely N-dealkylation sites (tertiary alicyclic amines) is 2. The maximum atomic E-state index is 5.94. The van der Waals surface area contributed by atoms with Gasteiger partial charge in [-0.05, 0) is 57.9 Å². The van der Waals surface area contributed by atoms with E-state index < -0.39 is 0 Å². The highest BCUT2D eigenvalue weighted by molar-refractivity contribution is 5.38. The summed E-state index contributed by atoms with van der Waals surface area (Å²) >= 11 is 0. The molecule has 2 fully saturated rings.